The number of aromatic nitrogens is 1. The van der Waals surface area contributed by atoms with Gasteiger partial charge in [0.05, 0.1) is 5.56 Å². The largest absolute Gasteiger partial charge is 0.383 e. The van der Waals surface area contributed by atoms with Crippen molar-refractivity contribution in [2.24, 2.45) is 0 Å². The highest BCUT2D eigenvalue weighted by Crippen LogP contribution is 2.12. The molecule has 0 radical (unpaired) electrons. The summed E-state index contributed by atoms with van der Waals surface area (Å²) in [4.78, 5) is 17.9. The van der Waals surface area contributed by atoms with Crippen LogP contribution < -0.4 is 16.0 Å². The highest BCUT2D eigenvalue weighted by atomic mass is 16.1. The zero-order chi connectivity index (χ0) is 14.5. The number of carbonyl (C=O) groups excluding carboxylic acids is 1. The molecule has 0 aliphatic rings. The summed E-state index contributed by atoms with van der Waals surface area (Å²) in [6.45, 7) is 0.459. The summed E-state index contributed by atoms with van der Waals surface area (Å²) in [5.74, 6) is 0.0280. The van der Waals surface area contributed by atoms with Crippen molar-refractivity contribution in [1.82, 2.24) is 10.3 Å². The van der Waals surface area contributed by atoms with Crippen molar-refractivity contribution in [2.75, 3.05) is 24.7 Å². The number of nitrogens with zero attached hydrogens (tertiary/aromatic N) is 2. The van der Waals surface area contributed by atoms with Crippen LogP contribution in [0.5, 0.6) is 0 Å². The number of nitrogens with two attached hydrogens (primary N) is 1. The lowest BCUT2D eigenvalue weighted by Gasteiger charge is -2.13. The highest BCUT2D eigenvalue weighted by Gasteiger charge is 2.09. The third-order valence-electron chi connectivity index (χ3n) is 2.99. The summed E-state index contributed by atoms with van der Waals surface area (Å²) < 4.78 is 0. The molecule has 0 aliphatic heterocycles. The van der Waals surface area contributed by atoms with Gasteiger partial charge in [0.1, 0.15) is 5.82 Å². The van der Waals surface area contributed by atoms with Gasteiger partial charge in [0.15, 0.2) is 0 Å². The van der Waals surface area contributed by atoms with E-state index in [1.54, 1.807) is 18.3 Å². The number of rotatable bonds is 4. The Balaban J connectivity index is 1.98. The first-order valence-corrected chi connectivity index (χ1v) is 6.33. The van der Waals surface area contributed by atoms with Crippen LogP contribution in [0.15, 0.2) is 42.6 Å². The van der Waals surface area contributed by atoms with Crippen molar-refractivity contribution >= 4 is 17.4 Å². The second kappa shape index (κ2) is 6.06. The predicted molar refractivity (Wildman–Crippen MR) is 80.6 cm³/mol. The number of hydrogen-bond acceptors (Lipinski definition) is 4. The van der Waals surface area contributed by atoms with E-state index in [9.17, 15) is 4.79 Å². The summed E-state index contributed by atoms with van der Waals surface area (Å²) >= 11 is 0. The number of carbonyl (C=O) groups is 1. The molecule has 104 valence electrons. The summed E-state index contributed by atoms with van der Waals surface area (Å²) in [5, 5.41) is 2.83. The average molecular weight is 270 g/mol. The van der Waals surface area contributed by atoms with Crippen molar-refractivity contribution in [1.29, 1.82) is 0 Å². The van der Waals surface area contributed by atoms with Crippen LogP contribution in [0.4, 0.5) is 11.5 Å². The minimum absolute atomic E-state index is 0.215. The minimum atomic E-state index is -0.215. The van der Waals surface area contributed by atoms with Gasteiger partial charge in [-0.3, -0.25) is 4.79 Å². The maximum absolute atomic E-state index is 12.0. The summed E-state index contributed by atoms with van der Waals surface area (Å²) in [6.07, 6.45) is 1.56. The summed E-state index contributed by atoms with van der Waals surface area (Å²) in [6, 6.07) is 11.4. The maximum atomic E-state index is 12.0. The molecule has 0 atom stereocenters. The number of hydrogen-bond donors (Lipinski definition) is 2. The van der Waals surface area contributed by atoms with Crippen molar-refractivity contribution in [3.8, 4) is 0 Å². The molecule has 1 amide bonds. The molecule has 0 aliphatic carbocycles. The van der Waals surface area contributed by atoms with Gasteiger partial charge in [-0.25, -0.2) is 4.98 Å². The highest BCUT2D eigenvalue weighted by molar-refractivity contribution is 5.98. The molecule has 20 heavy (non-hydrogen) atoms. The van der Waals surface area contributed by atoms with Crippen LogP contribution in [0.25, 0.3) is 0 Å². The number of benzene rings is 1. The molecule has 0 unspecified atom stereocenters. The number of anilines is 2. The molecule has 0 spiro atoms. The van der Waals surface area contributed by atoms with Crippen LogP contribution in [0.1, 0.15) is 15.9 Å². The molecule has 5 heteroatoms. The predicted octanol–water partition coefficient (Wildman–Crippen LogP) is 1.66. The molecular weight excluding hydrogens is 252 g/mol. The van der Waals surface area contributed by atoms with Gasteiger partial charge in [0.25, 0.3) is 5.91 Å². The minimum Gasteiger partial charge on any atom is -0.383 e. The van der Waals surface area contributed by atoms with E-state index >= 15 is 0 Å². The monoisotopic (exact) mass is 270 g/mol. The van der Waals surface area contributed by atoms with Crippen LogP contribution in [0.3, 0.4) is 0 Å². The van der Waals surface area contributed by atoms with Crippen LogP contribution in [-0.4, -0.2) is 25.0 Å². The lowest BCUT2D eigenvalue weighted by atomic mass is 10.2. The lowest BCUT2D eigenvalue weighted by Crippen LogP contribution is -2.24. The average Bonchev–Trinajstić information content (AvgIpc) is 2.45. The number of amides is 1. The van der Waals surface area contributed by atoms with Gasteiger partial charge in [-0.15, -0.1) is 0 Å². The molecular formula is C15H18N4O. The van der Waals surface area contributed by atoms with E-state index in [2.05, 4.69) is 10.3 Å². The van der Waals surface area contributed by atoms with E-state index < -0.39 is 0 Å². The zero-order valence-corrected chi connectivity index (χ0v) is 11.6. The topological polar surface area (TPSA) is 71.2 Å². The van der Waals surface area contributed by atoms with E-state index in [-0.39, 0.29) is 11.7 Å². The van der Waals surface area contributed by atoms with Crippen LogP contribution >= 0.6 is 0 Å². The summed E-state index contributed by atoms with van der Waals surface area (Å²) in [5.41, 5.74) is 8.22. The Morgan fingerprint density at radius 2 is 1.95 bits per heavy atom. The molecule has 1 heterocycles. The second-order valence-corrected chi connectivity index (χ2v) is 4.68. The molecule has 5 nitrogen and oxygen atoms in total. The van der Waals surface area contributed by atoms with Crippen LogP contribution in [-0.2, 0) is 6.54 Å². The molecule has 1 aromatic carbocycles. The standard InChI is InChI=1S/C15H18N4O/c1-19(2)12-7-5-11(6-8-12)10-18-15(20)13-4-3-9-17-14(13)16/h3-9H,10H2,1-2H3,(H2,16,17)(H,18,20). The molecule has 0 fully saturated rings. The molecule has 0 saturated carbocycles. The molecule has 3 N–H and O–H groups in total. The van der Waals surface area contributed by atoms with E-state index in [0.717, 1.165) is 11.3 Å². The SMILES string of the molecule is CN(C)c1ccc(CNC(=O)c2cccnc2N)cc1. The van der Waals surface area contributed by atoms with Gasteiger partial charge in [-0.2, -0.15) is 0 Å². The normalized spacial score (nSPS) is 10.1. The number of pyridine rings is 1. The summed E-state index contributed by atoms with van der Waals surface area (Å²) in [7, 11) is 3.98. The first-order chi connectivity index (χ1) is 9.58. The van der Waals surface area contributed by atoms with Gasteiger partial charge in [0, 0.05) is 32.5 Å². The fourth-order valence-corrected chi connectivity index (χ4v) is 1.80. The molecule has 1 aromatic heterocycles. The fraction of sp³-hybridized carbons (Fsp3) is 0.200. The van der Waals surface area contributed by atoms with E-state index in [1.165, 1.54) is 0 Å². The van der Waals surface area contributed by atoms with Crippen molar-refractivity contribution in [2.45, 2.75) is 6.54 Å². The van der Waals surface area contributed by atoms with Crippen LogP contribution in [0.2, 0.25) is 0 Å². The zero-order valence-electron chi connectivity index (χ0n) is 11.6. The van der Waals surface area contributed by atoms with Crippen LogP contribution in [0, 0.1) is 0 Å². The van der Waals surface area contributed by atoms with Crippen molar-refractivity contribution < 1.29 is 4.79 Å². The quantitative estimate of drug-likeness (QED) is 0.886. The molecule has 0 bridgehead atoms. The Morgan fingerprint density at radius 1 is 1.25 bits per heavy atom. The Morgan fingerprint density at radius 3 is 2.55 bits per heavy atom. The second-order valence-electron chi connectivity index (χ2n) is 4.68. The van der Waals surface area contributed by atoms with Gasteiger partial charge in [-0.05, 0) is 29.8 Å². The molecule has 2 rings (SSSR count). The Kier molecular flexibility index (Phi) is 4.20. The number of nitrogens with one attached hydrogen (secondary N) is 1. The molecule has 2 aromatic rings. The van der Waals surface area contributed by atoms with Gasteiger partial charge < -0.3 is 16.0 Å². The lowest BCUT2D eigenvalue weighted by molar-refractivity contribution is 0.0951. The third kappa shape index (κ3) is 3.26. The van der Waals surface area contributed by atoms with Gasteiger partial charge >= 0.3 is 0 Å². The Labute approximate surface area is 118 Å². The van der Waals surface area contributed by atoms with Crippen molar-refractivity contribution in [3.05, 3.63) is 53.7 Å². The third-order valence-corrected chi connectivity index (χ3v) is 2.99. The first-order valence-electron chi connectivity index (χ1n) is 6.33. The fourth-order valence-electron chi connectivity index (χ4n) is 1.80. The number of nitrogen functional groups attached to an aromatic ring is 1. The van der Waals surface area contributed by atoms with E-state index in [4.69, 9.17) is 5.73 Å². The first kappa shape index (κ1) is 13.9. The Bertz CT molecular complexity index is 593. The van der Waals surface area contributed by atoms with Crippen molar-refractivity contribution in [3.63, 3.8) is 0 Å². The molecule has 0 saturated heterocycles. The smallest absolute Gasteiger partial charge is 0.255 e. The maximum Gasteiger partial charge on any atom is 0.255 e. The van der Waals surface area contributed by atoms with Gasteiger partial charge in [0.2, 0.25) is 0 Å². The Hall–Kier alpha value is -2.56. The van der Waals surface area contributed by atoms with E-state index in [0.29, 0.717) is 12.1 Å². The van der Waals surface area contributed by atoms with E-state index in [1.807, 2.05) is 43.3 Å². The van der Waals surface area contributed by atoms with Gasteiger partial charge in [-0.1, -0.05) is 12.1 Å².